The van der Waals surface area contributed by atoms with Gasteiger partial charge in [-0.2, -0.15) is 0 Å². The van der Waals surface area contributed by atoms with Crippen molar-refractivity contribution in [3.8, 4) is 5.75 Å². The summed E-state index contributed by atoms with van der Waals surface area (Å²) in [7, 11) is 1.60. The van der Waals surface area contributed by atoms with Gasteiger partial charge in [-0.3, -0.25) is 14.5 Å². The molecule has 6 heteroatoms. The van der Waals surface area contributed by atoms with E-state index in [0.717, 1.165) is 63.3 Å². The highest BCUT2D eigenvalue weighted by Crippen LogP contribution is 2.26. The Bertz CT molecular complexity index is 690. The molecule has 1 aromatic carbocycles. The number of benzene rings is 1. The molecule has 1 N–H and O–H groups in total. The zero-order valence-corrected chi connectivity index (χ0v) is 17.4. The topological polar surface area (TPSA) is 61.9 Å². The van der Waals surface area contributed by atoms with Gasteiger partial charge in [0.25, 0.3) is 0 Å². The predicted molar refractivity (Wildman–Crippen MR) is 111 cm³/mol. The lowest BCUT2D eigenvalue weighted by Gasteiger charge is -2.36. The molecule has 0 atom stereocenters. The number of anilines is 1. The first-order valence-corrected chi connectivity index (χ1v) is 10.4. The summed E-state index contributed by atoms with van der Waals surface area (Å²) in [5.41, 5.74) is 1.78. The molecule has 0 spiro atoms. The number of ether oxygens (including phenoxy) is 1. The lowest BCUT2D eigenvalue weighted by molar-refractivity contribution is -0.138. The summed E-state index contributed by atoms with van der Waals surface area (Å²) in [4.78, 5) is 29.4. The van der Waals surface area contributed by atoms with E-state index in [1.807, 2.05) is 25.1 Å². The van der Waals surface area contributed by atoms with Crippen LogP contribution >= 0.6 is 0 Å². The minimum atomic E-state index is -0.0429. The van der Waals surface area contributed by atoms with Gasteiger partial charge in [0.2, 0.25) is 11.8 Å². The highest BCUT2D eigenvalue weighted by atomic mass is 16.5. The highest BCUT2D eigenvalue weighted by molar-refractivity contribution is 5.93. The van der Waals surface area contributed by atoms with Crippen LogP contribution < -0.4 is 10.1 Å². The average Bonchev–Trinajstić information content (AvgIpc) is 2.69. The number of carbonyl (C=O) groups excluding carboxylic acids is 2. The van der Waals surface area contributed by atoms with Gasteiger partial charge >= 0.3 is 0 Å². The molecule has 154 valence electrons. The number of piperidine rings is 2. The first-order valence-electron chi connectivity index (χ1n) is 10.4. The number of aryl methyl sites for hydroxylation is 1. The van der Waals surface area contributed by atoms with E-state index in [4.69, 9.17) is 4.74 Å². The summed E-state index contributed by atoms with van der Waals surface area (Å²) in [5, 5.41) is 2.96. The summed E-state index contributed by atoms with van der Waals surface area (Å²) in [5.74, 6) is 1.79. The fraction of sp³-hybridized carbons (Fsp3) is 0.636. The average molecular weight is 388 g/mol. The zero-order valence-electron chi connectivity index (χ0n) is 17.4. The van der Waals surface area contributed by atoms with Crippen LogP contribution in [0.15, 0.2) is 18.2 Å². The van der Waals surface area contributed by atoms with E-state index in [-0.39, 0.29) is 11.8 Å². The maximum atomic E-state index is 12.7. The Morgan fingerprint density at radius 3 is 2.43 bits per heavy atom. The molecule has 3 rings (SSSR count). The van der Waals surface area contributed by atoms with Crippen LogP contribution in [0.5, 0.6) is 5.75 Å². The molecule has 0 bridgehead atoms. The predicted octanol–water partition coefficient (Wildman–Crippen LogP) is 2.91. The number of amides is 2. The Morgan fingerprint density at radius 1 is 1.11 bits per heavy atom. The quantitative estimate of drug-likeness (QED) is 0.844. The van der Waals surface area contributed by atoms with Crippen molar-refractivity contribution >= 4 is 17.5 Å². The standard InChI is InChI=1S/C22H33N3O3/c1-16-6-12-25(13-7-16)22(27)18-8-10-24(11-9-18)15-21(26)23-19-14-17(2)4-5-20(19)28-3/h4-5,14,16,18H,6-13,15H2,1-3H3,(H,23,26). The second-order valence-electron chi connectivity index (χ2n) is 8.31. The second kappa shape index (κ2) is 9.41. The maximum absolute atomic E-state index is 12.7. The van der Waals surface area contributed by atoms with Crippen LogP contribution in [0.1, 0.15) is 38.2 Å². The van der Waals surface area contributed by atoms with Gasteiger partial charge in [0.15, 0.2) is 0 Å². The molecule has 2 heterocycles. The van der Waals surface area contributed by atoms with Crippen molar-refractivity contribution in [3.05, 3.63) is 23.8 Å². The van der Waals surface area contributed by atoms with Crippen molar-refractivity contribution in [2.45, 2.75) is 39.5 Å². The summed E-state index contributed by atoms with van der Waals surface area (Å²) in [6, 6.07) is 5.74. The molecular formula is C22H33N3O3. The van der Waals surface area contributed by atoms with Gasteiger partial charge in [-0.25, -0.2) is 0 Å². The lowest BCUT2D eigenvalue weighted by atomic mass is 9.92. The van der Waals surface area contributed by atoms with Crippen molar-refractivity contribution in [3.63, 3.8) is 0 Å². The number of nitrogens with zero attached hydrogens (tertiary/aromatic N) is 2. The van der Waals surface area contributed by atoms with Crippen LogP contribution in [-0.4, -0.2) is 61.4 Å². The van der Waals surface area contributed by atoms with Crippen molar-refractivity contribution in [2.24, 2.45) is 11.8 Å². The van der Waals surface area contributed by atoms with Crippen molar-refractivity contribution in [1.29, 1.82) is 0 Å². The molecule has 0 aliphatic carbocycles. The molecule has 0 aromatic heterocycles. The van der Waals surface area contributed by atoms with E-state index >= 15 is 0 Å². The molecule has 2 fully saturated rings. The first-order chi connectivity index (χ1) is 13.5. The third-order valence-electron chi connectivity index (χ3n) is 6.03. The number of rotatable bonds is 5. The van der Waals surface area contributed by atoms with Crippen molar-refractivity contribution in [1.82, 2.24) is 9.80 Å². The van der Waals surface area contributed by atoms with Crippen molar-refractivity contribution < 1.29 is 14.3 Å². The first kappa shape index (κ1) is 20.6. The molecule has 2 amide bonds. The van der Waals surface area contributed by atoms with Crippen LogP contribution in [0.3, 0.4) is 0 Å². The van der Waals surface area contributed by atoms with Crippen LogP contribution in [0.4, 0.5) is 5.69 Å². The molecule has 6 nitrogen and oxygen atoms in total. The van der Waals surface area contributed by atoms with Gasteiger partial charge in [0.1, 0.15) is 5.75 Å². The van der Waals surface area contributed by atoms with E-state index in [2.05, 4.69) is 22.0 Å². The molecule has 0 unspecified atom stereocenters. The van der Waals surface area contributed by atoms with E-state index in [0.29, 0.717) is 23.9 Å². The van der Waals surface area contributed by atoms with Gasteiger partial charge in [0, 0.05) is 19.0 Å². The fourth-order valence-corrected chi connectivity index (χ4v) is 4.14. The van der Waals surface area contributed by atoms with Gasteiger partial charge in [-0.1, -0.05) is 13.0 Å². The van der Waals surface area contributed by atoms with Gasteiger partial charge in [-0.05, 0) is 69.3 Å². The maximum Gasteiger partial charge on any atom is 0.238 e. The molecule has 0 radical (unpaired) electrons. The molecule has 2 saturated heterocycles. The monoisotopic (exact) mass is 387 g/mol. The largest absolute Gasteiger partial charge is 0.495 e. The zero-order chi connectivity index (χ0) is 20.1. The van der Waals surface area contributed by atoms with Gasteiger partial charge < -0.3 is 15.0 Å². The number of hydrogen-bond donors (Lipinski definition) is 1. The number of likely N-dealkylation sites (tertiary alicyclic amines) is 2. The molecule has 28 heavy (non-hydrogen) atoms. The van der Waals surface area contributed by atoms with Gasteiger partial charge in [-0.15, -0.1) is 0 Å². The van der Waals surface area contributed by atoms with Crippen LogP contribution in [0.2, 0.25) is 0 Å². The molecule has 1 aromatic rings. The Morgan fingerprint density at radius 2 is 1.79 bits per heavy atom. The lowest BCUT2D eigenvalue weighted by Crippen LogP contribution is -2.46. The van der Waals surface area contributed by atoms with Crippen LogP contribution in [0.25, 0.3) is 0 Å². The molecule has 2 aliphatic rings. The summed E-state index contributed by atoms with van der Waals surface area (Å²) in [6.07, 6.45) is 3.91. The Kier molecular flexibility index (Phi) is 6.94. The van der Waals surface area contributed by atoms with E-state index in [9.17, 15) is 9.59 Å². The number of carbonyl (C=O) groups is 2. The van der Waals surface area contributed by atoms with Gasteiger partial charge in [0.05, 0.1) is 19.3 Å². The Labute approximate surface area is 168 Å². The molecule has 0 saturated carbocycles. The summed E-state index contributed by atoms with van der Waals surface area (Å²) < 4.78 is 5.33. The van der Waals surface area contributed by atoms with Crippen LogP contribution in [-0.2, 0) is 9.59 Å². The number of hydrogen-bond acceptors (Lipinski definition) is 4. The minimum absolute atomic E-state index is 0.0429. The third kappa shape index (κ3) is 5.25. The van der Waals surface area contributed by atoms with Crippen molar-refractivity contribution in [2.75, 3.05) is 45.2 Å². The minimum Gasteiger partial charge on any atom is -0.495 e. The number of methoxy groups -OCH3 is 1. The second-order valence-corrected chi connectivity index (χ2v) is 8.31. The van der Waals surface area contributed by atoms with E-state index in [1.165, 1.54) is 0 Å². The summed E-state index contributed by atoms with van der Waals surface area (Å²) in [6.45, 7) is 7.98. The number of nitrogens with one attached hydrogen (secondary N) is 1. The fourth-order valence-electron chi connectivity index (χ4n) is 4.14. The molecular weight excluding hydrogens is 354 g/mol. The smallest absolute Gasteiger partial charge is 0.238 e. The SMILES string of the molecule is COc1ccc(C)cc1NC(=O)CN1CCC(C(=O)N2CCC(C)CC2)CC1. The van der Waals surface area contributed by atoms with E-state index in [1.54, 1.807) is 7.11 Å². The Hall–Kier alpha value is -2.08. The van der Waals surface area contributed by atoms with Crippen LogP contribution in [0, 0.1) is 18.8 Å². The Balaban J connectivity index is 1.46. The highest BCUT2D eigenvalue weighted by Gasteiger charge is 2.30. The van der Waals surface area contributed by atoms with E-state index < -0.39 is 0 Å². The molecule has 2 aliphatic heterocycles. The summed E-state index contributed by atoms with van der Waals surface area (Å²) >= 11 is 0. The normalized spacial score (nSPS) is 19.5. The third-order valence-corrected chi connectivity index (χ3v) is 6.03.